The number of nitrogens with zero attached hydrogens (tertiary/aromatic N) is 5. The maximum Gasteiger partial charge on any atom is 0.227 e. The highest BCUT2D eigenvalue weighted by Crippen LogP contribution is 2.29. The van der Waals surface area contributed by atoms with E-state index in [1.807, 2.05) is 48.2 Å². The first-order chi connectivity index (χ1) is 15.0. The first kappa shape index (κ1) is 21.0. The molecule has 0 radical (unpaired) electrons. The van der Waals surface area contributed by atoms with Gasteiger partial charge in [0.1, 0.15) is 5.82 Å². The summed E-state index contributed by atoms with van der Waals surface area (Å²) in [5, 5.41) is 0. The average molecular weight is 416 g/mol. The fourth-order valence-corrected chi connectivity index (χ4v) is 4.07. The summed E-state index contributed by atoms with van der Waals surface area (Å²) in [6.45, 7) is 3.56. The Bertz CT molecular complexity index is 1050. The van der Waals surface area contributed by atoms with Crippen molar-refractivity contribution in [2.24, 2.45) is 0 Å². The molecule has 1 unspecified atom stereocenters. The lowest BCUT2D eigenvalue weighted by molar-refractivity contribution is -0.131. The van der Waals surface area contributed by atoms with Crippen LogP contribution in [0.25, 0.3) is 11.4 Å². The lowest BCUT2D eigenvalue weighted by Gasteiger charge is -2.33. The van der Waals surface area contributed by atoms with E-state index in [-0.39, 0.29) is 11.8 Å². The van der Waals surface area contributed by atoms with Crippen LogP contribution in [0.5, 0.6) is 0 Å². The van der Waals surface area contributed by atoms with Gasteiger partial charge in [-0.1, -0.05) is 29.8 Å². The molecule has 3 heterocycles. The van der Waals surface area contributed by atoms with Crippen molar-refractivity contribution in [2.75, 3.05) is 32.1 Å². The van der Waals surface area contributed by atoms with Gasteiger partial charge in [-0.2, -0.15) is 0 Å². The minimum absolute atomic E-state index is 0.185. The smallest absolute Gasteiger partial charge is 0.227 e. The molecule has 1 atom stereocenters. The third-order valence-electron chi connectivity index (χ3n) is 5.74. The molecule has 1 amide bonds. The van der Waals surface area contributed by atoms with Crippen molar-refractivity contribution in [3.05, 3.63) is 71.7 Å². The summed E-state index contributed by atoms with van der Waals surface area (Å²) in [4.78, 5) is 30.8. The van der Waals surface area contributed by atoms with Crippen molar-refractivity contribution in [2.45, 2.75) is 32.1 Å². The fraction of sp³-hybridized carbons (Fsp3) is 0.360. The van der Waals surface area contributed by atoms with Crippen LogP contribution < -0.4 is 4.90 Å². The quantitative estimate of drug-likeness (QED) is 0.633. The molecule has 1 aliphatic heterocycles. The second-order valence-corrected chi connectivity index (χ2v) is 8.46. The number of pyridine rings is 1. The van der Waals surface area contributed by atoms with Gasteiger partial charge in [0.25, 0.3) is 0 Å². The zero-order valence-electron chi connectivity index (χ0n) is 18.5. The van der Waals surface area contributed by atoms with Crippen LogP contribution in [0, 0.1) is 6.92 Å². The van der Waals surface area contributed by atoms with E-state index >= 15 is 0 Å². The summed E-state index contributed by atoms with van der Waals surface area (Å²) >= 11 is 0. The molecule has 0 N–H and O–H groups in total. The number of hydrogen-bond donors (Lipinski definition) is 0. The number of rotatable bonds is 5. The van der Waals surface area contributed by atoms with E-state index < -0.39 is 0 Å². The van der Waals surface area contributed by atoms with E-state index in [0.29, 0.717) is 18.8 Å². The Morgan fingerprint density at radius 2 is 2.03 bits per heavy atom. The van der Waals surface area contributed by atoms with Crippen LogP contribution in [-0.4, -0.2) is 52.9 Å². The molecule has 6 heteroatoms. The number of benzene rings is 1. The van der Waals surface area contributed by atoms with E-state index in [0.717, 1.165) is 42.0 Å². The monoisotopic (exact) mass is 415 g/mol. The Labute approximate surface area is 184 Å². The number of aromatic nitrogens is 3. The van der Waals surface area contributed by atoms with Crippen molar-refractivity contribution in [1.82, 2.24) is 19.9 Å². The molecule has 1 aromatic carbocycles. The molecule has 1 fully saturated rings. The highest BCUT2D eigenvalue weighted by Gasteiger charge is 2.27. The van der Waals surface area contributed by atoms with Gasteiger partial charge in [0.15, 0.2) is 5.82 Å². The number of hydrogen-bond acceptors (Lipinski definition) is 5. The zero-order chi connectivity index (χ0) is 21.8. The largest absolute Gasteiger partial charge is 0.363 e. The summed E-state index contributed by atoms with van der Waals surface area (Å²) < 4.78 is 0. The van der Waals surface area contributed by atoms with Crippen molar-refractivity contribution in [1.29, 1.82) is 0 Å². The van der Waals surface area contributed by atoms with Gasteiger partial charge in [-0.05, 0) is 37.5 Å². The lowest BCUT2D eigenvalue weighted by Crippen LogP contribution is -2.40. The molecule has 160 valence electrons. The van der Waals surface area contributed by atoms with Gasteiger partial charge >= 0.3 is 0 Å². The molecule has 4 rings (SSSR count). The number of carbonyl (C=O) groups is 1. The second kappa shape index (κ2) is 9.25. The number of likely N-dealkylation sites (tertiary alicyclic amines) is 1. The molecule has 1 aliphatic rings. The van der Waals surface area contributed by atoms with Crippen molar-refractivity contribution < 1.29 is 4.79 Å². The van der Waals surface area contributed by atoms with Crippen LogP contribution in [-0.2, 0) is 11.2 Å². The third-order valence-corrected chi connectivity index (χ3v) is 5.74. The Morgan fingerprint density at radius 3 is 2.77 bits per heavy atom. The normalized spacial score (nSPS) is 16.2. The molecule has 1 saturated heterocycles. The average Bonchev–Trinajstić information content (AvgIpc) is 2.79. The van der Waals surface area contributed by atoms with Crippen molar-refractivity contribution >= 4 is 11.7 Å². The Kier molecular flexibility index (Phi) is 6.26. The van der Waals surface area contributed by atoms with Gasteiger partial charge in [0.05, 0.1) is 12.1 Å². The minimum atomic E-state index is 0.185. The van der Waals surface area contributed by atoms with Crippen LogP contribution in [0.3, 0.4) is 0 Å². The Balaban J connectivity index is 1.56. The number of piperidine rings is 1. The third kappa shape index (κ3) is 5.08. The van der Waals surface area contributed by atoms with E-state index in [4.69, 9.17) is 9.97 Å². The molecule has 0 saturated carbocycles. The number of anilines is 1. The number of carbonyl (C=O) groups excluding carboxylic acids is 1. The Hall–Kier alpha value is -3.28. The number of amides is 1. The van der Waals surface area contributed by atoms with E-state index in [9.17, 15) is 4.79 Å². The van der Waals surface area contributed by atoms with Crippen molar-refractivity contribution in [3.8, 4) is 11.4 Å². The van der Waals surface area contributed by atoms with E-state index in [1.165, 1.54) is 5.56 Å². The predicted octanol–water partition coefficient (Wildman–Crippen LogP) is 3.86. The molecule has 3 aromatic rings. The highest BCUT2D eigenvalue weighted by molar-refractivity contribution is 5.79. The summed E-state index contributed by atoms with van der Waals surface area (Å²) in [7, 11) is 3.97. The SMILES string of the molecule is Cc1cccc(CC(=O)N2CCCC(c3cc(N(C)C)nc(-c4cccnc4)n3)C2)c1. The predicted molar refractivity (Wildman–Crippen MR) is 123 cm³/mol. The molecule has 0 aliphatic carbocycles. The first-order valence-corrected chi connectivity index (χ1v) is 10.8. The van der Waals surface area contributed by atoms with Crippen LogP contribution in [0.2, 0.25) is 0 Å². The topological polar surface area (TPSA) is 62.2 Å². The van der Waals surface area contributed by atoms with Gasteiger partial charge in [0.2, 0.25) is 5.91 Å². The lowest BCUT2D eigenvalue weighted by atomic mass is 9.93. The molecule has 6 nitrogen and oxygen atoms in total. The highest BCUT2D eigenvalue weighted by atomic mass is 16.2. The second-order valence-electron chi connectivity index (χ2n) is 8.46. The van der Waals surface area contributed by atoms with Gasteiger partial charge in [-0.15, -0.1) is 0 Å². The molecule has 0 bridgehead atoms. The van der Waals surface area contributed by atoms with Gasteiger partial charge in [0, 0.05) is 57.1 Å². The van der Waals surface area contributed by atoms with Gasteiger partial charge in [-0.3, -0.25) is 9.78 Å². The maximum absolute atomic E-state index is 13.0. The van der Waals surface area contributed by atoms with Gasteiger partial charge < -0.3 is 9.80 Å². The molecular weight excluding hydrogens is 386 g/mol. The van der Waals surface area contributed by atoms with Gasteiger partial charge in [-0.25, -0.2) is 9.97 Å². The molecule has 0 spiro atoms. The van der Waals surface area contributed by atoms with E-state index in [2.05, 4.69) is 30.1 Å². The summed E-state index contributed by atoms with van der Waals surface area (Å²) in [6.07, 6.45) is 5.98. The van der Waals surface area contributed by atoms with Crippen LogP contribution in [0.1, 0.15) is 35.6 Å². The summed E-state index contributed by atoms with van der Waals surface area (Å²) in [5.41, 5.74) is 4.14. The standard InChI is InChI=1S/C25H29N5O/c1-18-7-4-8-19(13-18)14-24(31)30-12-6-10-21(17-30)22-15-23(29(2)3)28-25(27-22)20-9-5-11-26-16-20/h4-5,7-9,11,13,15-16,21H,6,10,12,14,17H2,1-3H3. The molecular formula is C25H29N5O. The van der Waals surface area contributed by atoms with Crippen LogP contribution in [0.15, 0.2) is 54.9 Å². The molecule has 31 heavy (non-hydrogen) atoms. The first-order valence-electron chi connectivity index (χ1n) is 10.8. The summed E-state index contributed by atoms with van der Waals surface area (Å²) in [6, 6.07) is 14.1. The number of aryl methyl sites for hydroxylation is 1. The van der Waals surface area contributed by atoms with Crippen LogP contribution in [0.4, 0.5) is 5.82 Å². The van der Waals surface area contributed by atoms with Crippen molar-refractivity contribution in [3.63, 3.8) is 0 Å². The minimum Gasteiger partial charge on any atom is -0.363 e. The van der Waals surface area contributed by atoms with Crippen LogP contribution >= 0.6 is 0 Å². The molecule has 2 aromatic heterocycles. The fourth-order valence-electron chi connectivity index (χ4n) is 4.07. The zero-order valence-corrected chi connectivity index (χ0v) is 18.5. The summed E-state index contributed by atoms with van der Waals surface area (Å²) in [5.74, 6) is 1.93. The van der Waals surface area contributed by atoms with E-state index in [1.54, 1.807) is 12.4 Å². The Morgan fingerprint density at radius 1 is 1.16 bits per heavy atom. The maximum atomic E-state index is 13.0.